The summed E-state index contributed by atoms with van der Waals surface area (Å²) in [4.78, 5) is 6.83. The highest BCUT2D eigenvalue weighted by atomic mass is 127. The van der Waals surface area contributed by atoms with Gasteiger partial charge < -0.3 is 20.5 Å². The van der Waals surface area contributed by atoms with Gasteiger partial charge in [0.2, 0.25) is 0 Å². The van der Waals surface area contributed by atoms with Crippen LogP contribution >= 0.6 is 24.0 Å². The second kappa shape index (κ2) is 12.4. The van der Waals surface area contributed by atoms with E-state index in [9.17, 15) is 5.11 Å². The average Bonchev–Trinajstić information content (AvgIpc) is 2.82. The number of morpholine rings is 1. The van der Waals surface area contributed by atoms with Crippen molar-refractivity contribution < 1.29 is 9.84 Å². The number of nitrogens with zero attached hydrogens (tertiary/aromatic N) is 2. The zero-order valence-electron chi connectivity index (χ0n) is 18.9. The molecule has 1 aliphatic heterocycles. The first-order chi connectivity index (χ1) is 15.2. The minimum absolute atomic E-state index is 0. The highest BCUT2D eigenvalue weighted by Crippen LogP contribution is 2.30. The van der Waals surface area contributed by atoms with E-state index in [4.69, 9.17) is 4.74 Å². The molecule has 4 rings (SSSR count). The van der Waals surface area contributed by atoms with E-state index >= 15 is 0 Å². The molecule has 1 heterocycles. The molecule has 0 aromatic heterocycles. The van der Waals surface area contributed by atoms with E-state index in [1.807, 2.05) is 6.07 Å². The van der Waals surface area contributed by atoms with Gasteiger partial charge in [-0.1, -0.05) is 30.3 Å². The molecule has 0 radical (unpaired) electrons. The summed E-state index contributed by atoms with van der Waals surface area (Å²) in [6, 6.07) is 12.5. The Morgan fingerprint density at radius 1 is 1.00 bits per heavy atom. The van der Waals surface area contributed by atoms with Crippen molar-refractivity contribution in [1.82, 2.24) is 15.5 Å². The minimum Gasteiger partial charge on any atom is -0.508 e. The summed E-state index contributed by atoms with van der Waals surface area (Å²) in [7, 11) is 1.79. The Morgan fingerprint density at radius 2 is 1.72 bits per heavy atom. The van der Waals surface area contributed by atoms with E-state index in [0.717, 1.165) is 57.2 Å². The molecule has 2 aromatic rings. The molecule has 0 atom stereocenters. The number of rotatable bonds is 6. The predicted molar refractivity (Wildman–Crippen MR) is 140 cm³/mol. The zero-order valence-corrected chi connectivity index (χ0v) is 21.2. The summed E-state index contributed by atoms with van der Waals surface area (Å²) < 4.78 is 5.47. The first-order valence-electron chi connectivity index (χ1n) is 11.4. The topological polar surface area (TPSA) is 69.1 Å². The molecule has 174 valence electrons. The number of aromatic hydroxyl groups is 1. The summed E-state index contributed by atoms with van der Waals surface area (Å²) in [5, 5.41) is 17.3. The van der Waals surface area contributed by atoms with Crippen molar-refractivity contribution in [3.8, 4) is 5.75 Å². The third kappa shape index (κ3) is 6.36. The number of hydrogen-bond acceptors (Lipinski definition) is 4. The summed E-state index contributed by atoms with van der Waals surface area (Å²) in [5.74, 6) is 1.12. The number of hydrogen-bond donors (Lipinski definition) is 3. The molecule has 32 heavy (non-hydrogen) atoms. The van der Waals surface area contributed by atoms with E-state index in [1.54, 1.807) is 7.05 Å². The maximum absolute atomic E-state index is 10.4. The highest BCUT2D eigenvalue weighted by molar-refractivity contribution is 14.0. The fraction of sp³-hybridized carbons (Fsp3) is 0.480. The number of ether oxygens (including phenoxy) is 1. The smallest absolute Gasteiger partial charge is 0.191 e. The van der Waals surface area contributed by atoms with Crippen molar-refractivity contribution in [2.45, 2.75) is 45.3 Å². The molecular formula is C25H35IN4O2. The third-order valence-electron chi connectivity index (χ3n) is 6.34. The van der Waals surface area contributed by atoms with Crippen molar-refractivity contribution in [3.05, 3.63) is 64.2 Å². The molecular weight excluding hydrogens is 515 g/mol. The molecule has 1 fully saturated rings. The Balaban J connectivity index is 0.00000289. The maximum atomic E-state index is 10.4. The second-order valence-corrected chi connectivity index (χ2v) is 8.34. The van der Waals surface area contributed by atoms with Gasteiger partial charge in [-0.05, 0) is 54.0 Å². The number of phenolic OH excluding ortho intramolecular Hbond substituents is 1. The quantitative estimate of drug-likeness (QED) is 0.292. The number of aryl methyl sites for hydroxylation is 1. The number of nitrogens with one attached hydrogen (secondary N) is 2. The van der Waals surface area contributed by atoms with Crippen LogP contribution in [0.15, 0.2) is 41.4 Å². The number of guanidine groups is 1. The monoisotopic (exact) mass is 550 g/mol. The van der Waals surface area contributed by atoms with Crippen LogP contribution in [0.4, 0.5) is 0 Å². The van der Waals surface area contributed by atoms with Gasteiger partial charge in [0.05, 0.1) is 13.2 Å². The lowest BCUT2D eigenvalue weighted by Gasteiger charge is -2.27. The van der Waals surface area contributed by atoms with Gasteiger partial charge in [0.15, 0.2) is 5.96 Å². The normalized spacial score (nSPS) is 16.7. The van der Waals surface area contributed by atoms with Crippen LogP contribution in [-0.2, 0) is 37.2 Å². The first-order valence-corrected chi connectivity index (χ1v) is 11.4. The van der Waals surface area contributed by atoms with E-state index in [0.29, 0.717) is 18.8 Å². The van der Waals surface area contributed by atoms with Crippen LogP contribution in [0.3, 0.4) is 0 Å². The van der Waals surface area contributed by atoms with Gasteiger partial charge in [-0.25, -0.2) is 0 Å². The van der Waals surface area contributed by atoms with Crippen LogP contribution in [0, 0.1) is 0 Å². The molecule has 0 unspecified atom stereocenters. The van der Waals surface area contributed by atoms with Gasteiger partial charge in [-0.3, -0.25) is 9.89 Å². The lowest BCUT2D eigenvalue weighted by Crippen LogP contribution is -2.38. The van der Waals surface area contributed by atoms with Gasteiger partial charge in [0.25, 0.3) is 0 Å². The molecule has 2 aliphatic rings. The van der Waals surface area contributed by atoms with E-state index < -0.39 is 0 Å². The molecule has 1 aliphatic carbocycles. The Bertz CT molecular complexity index is 913. The van der Waals surface area contributed by atoms with Gasteiger partial charge in [0.1, 0.15) is 5.75 Å². The van der Waals surface area contributed by atoms with Crippen LogP contribution in [0.5, 0.6) is 5.75 Å². The lowest BCUT2D eigenvalue weighted by molar-refractivity contribution is 0.0341. The number of fused-ring (bicyclic) bond motifs is 1. The van der Waals surface area contributed by atoms with E-state index in [1.165, 1.54) is 35.1 Å². The van der Waals surface area contributed by atoms with Gasteiger partial charge in [0, 0.05) is 45.3 Å². The Kier molecular flexibility index (Phi) is 9.62. The Hall–Kier alpha value is -1.84. The molecule has 0 saturated carbocycles. The van der Waals surface area contributed by atoms with E-state index in [-0.39, 0.29) is 24.0 Å². The van der Waals surface area contributed by atoms with Crippen molar-refractivity contribution in [2.75, 3.05) is 33.4 Å². The lowest BCUT2D eigenvalue weighted by atomic mass is 9.88. The average molecular weight is 550 g/mol. The number of phenols is 1. The summed E-state index contributed by atoms with van der Waals surface area (Å²) in [6.45, 7) is 5.81. The maximum Gasteiger partial charge on any atom is 0.191 e. The fourth-order valence-corrected chi connectivity index (χ4v) is 4.55. The summed E-state index contributed by atoms with van der Waals surface area (Å²) >= 11 is 0. The highest BCUT2D eigenvalue weighted by Gasteiger charge is 2.17. The van der Waals surface area contributed by atoms with Gasteiger partial charge in [-0.15, -0.1) is 24.0 Å². The zero-order chi connectivity index (χ0) is 21.5. The van der Waals surface area contributed by atoms with Crippen LogP contribution in [0.2, 0.25) is 0 Å². The third-order valence-corrected chi connectivity index (χ3v) is 6.34. The number of benzene rings is 2. The number of halogens is 1. The Morgan fingerprint density at radius 3 is 2.50 bits per heavy atom. The van der Waals surface area contributed by atoms with Crippen LogP contribution in [-0.4, -0.2) is 49.3 Å². The van der Waals surface area contributed by atoms with Crippen molar-refractivity contribution in [2.24, 2.45) is 4.99 Å². The van der Waals surface area contributed by atoms with Crippen LogP contribution in [0.25, 0.3) is 0 Å². The van der Waals surface area contributed by atoms with Crippen molar-refractivity contribution >= 4 is 29.9 Å². The predicted octanol–water partition coefficient (Wildman–Crippen LogP) is 3.59. The largest absolute Gasteiger partial charge is 0.508 e. The first kappa shape index (κ1) is 24.8. The molecule has 1 saturated heterocycles. The van der Waals surface area contributed by atoms with E-state index in [2.05, 4.69) is 50.9 Å². The van der Waals surface area contributed by atoms with Crippen molar-refractivity contribution in [1.29, 1.82) is 0 Å². The molecule has 7 heteroatoms. The summed E-state index contributed by atoms with van der Waals surface area (Å²) in [5.41, 5.74) is 6.30. The van der Waals surface area contributed by atoms with Crippen LogP contribution in [0.1, 0.15) is 40.7 Å². The Labute approximate surface area is 208 Å². The minimum atomic E-state index is 0. The molecule has 3 N–H and O–H groups in total. The molecule has 0 bridgehead atoms. The molecule has 6 nitrogen and oxygen atoms in total. The van der Waals surface area contributed by atoms with Gasteiger partial charge in [-0.2, -0.15) is 0 Å². The van der Waals surface area contributed by atoms with Crippen molar-refractivity contribution in [3.63, 3.8) is 0 Å². The molecule has 0 spiro atoms. The number of aliphatic imine (C=N–C) groups is 1. The fourth-order valence-electron chi connectivity index (χ4n) is 4.55. The standard InChI is InChI=1S/C25H34N4O2.HI/c1-26-25(28-17-23-22-9-5-4-6-19(22)10-11-24(23)30)27-16-20-7-2-3-8-21(20)18-29-12-14-31-15-13-29;/h2-3,7-8,10-11,30H,4-6,9,12-18H2,1H3,(H2,26,27,28);1H. The van der Waals surface area contributed by atoms with Gasteiger partial charge >= 0.3 is 0 Å². The second-order valence-electron chi connectivity index (χ2n) is 8.34. The van der Waals surface area contributed by atoms with Crippen LogP contribution < -0.4 is 10.6 Å². The summed E-state index contributed by atoms with van der Waals surface area (Å²) in [6.07, 6.45) is 4.57. The molecule has 2 aromatic carbocycles. The molecule has 0 amide bonds. The SMILES string of the molecule is CN=C(NCc1ccccc1CN1CCOCC1)NCc1c(O)ccc2c1CCCC2.I.